The number of hydrazone groups is 1. The number of hydrogen-bond donors (Lipinski definition) is 1. The molecule has 5 aromatic rings. The highest BCUT2D eigenvalue weighted by Gasteiger charge is 2.34. The van der Waals surface area contributed by atoms with E-state index in [0.29, 0.717) is 23.0 Å². The first kappa shape index (κ1) is 30.3. The highest BCUT2D eigenvalue weighted by Crippen LogP contribution is 2.35. The lowest BCUT2D eigenvalue weighted by Gasteiger charge is -2.22. The Morgan fingerprint density at radius 2 is 1.80 bits per heavy atom. The second-order valence-corrected chi connectivity index (χ2v) is 12.5. The number of amides is 2. The van der Waals surface area contributed by atoms with E-state index in [0.717, 1.165) is 38.7 Å². The quantitative estimate of drug-likeness (QED) is 0.179. The number of aryl methyl sites for hydroxylation is 2. The molecule has 0 spiro atoms. The van der Waals surface area contributed by atoms with Crippen molar-refractivity contribution in [2.45, 2.75) is 38.0 Å². The minimum absolute atomic E-state index is 0.104. The molecule has 0 bridgehead atoms. The lowest BCUT2D eigenvalue weighted by atomic mass is 10.0. The van der Waals surface area contributed by atoms with Crippen LogP contribution in [-0.4, -0.2) is 50.2 Å². The molecule has 228 valence electrons. The van der Waals surface area contributed by atoms with E-state index in [2.05, 4.69) is 21.6 Å². The Morgan fingerprint density at radius 3 is 2.53 bits per heavy atom. The van der Waals surface area contributed by atoms with Gasteiger partial charge in [-0.25, -0.2) is 5.01 Å². The summed E-state index contributed by atoms with van der Waals surface area (Å²) in [5, 5.41) is 20.9. The fourth-order valence-electron chi connectivity index (χ4n) is 5.17. The van der Waals surface area contributed by atoms with E-state index in [4.69, 9.17) is 9.84 Å². The standard InChI is InChI=1S/C34H32N6O3S2/c1-22-11-12-23(2)28(18-22)39-31(20-35-33(42)25-8-5-4-6-9-25)36-37-34(39)45-21-32(41)40-29(24-13-15-26(43-3)16-14-24)19-27(38-40)30-10-7-17-44-30/h4-18,29H,19-21H2,1-3H3,(H,35,42)/t29-/m0/s1. The Hall–Kier alpha value is -4.74. The van der Waals surface area contributed by atoms with Gasteiger partial charge in [0.15, 0.2) is 11.0 Å². The molecule has 3 aromatic carbocycles. The van der Waals surface area contributed by atoms with E-state index >= 15 is 0 Å². The van der Waals surface area contributed by atoms with Crippen molar-refractivity contribution in [3.63, 3.8) is 0 Å². The Balaban J connectivity index is 1.26. The van der Waals surface area contributed by atoms with Crippen molar-refractivity contribution < 1.29 is 14.3 Å². The molecule has 1 aliphatic rings. The number of carbonyl (C=O) groups excluding carboxylic acids is 2. The van der Waals surface area contributed by atoms with Gasteiger partial charge in [-0.15, -0.1) is 21.5 Å². The van der Waals surface area contributed by atoms with Crippen molar-refractivity contribution in [1.82, 2.24) is 25.1 Å². The van der Waals surface area contributed by atoms with E-state index in [1.807, 2.05) is 90.5 Å². The van der Waals surface area contributed by atoms with Gasteiger partial charge in [0.05, 0.1) is 41.7 Å². The third-order valence-electron chi connectivity index (χ3n) is 7.55. The minimum atomic E-state index is -0.234. The summed E-state index contributed by atoms with van der Waals surface area (Å²) in [7, 11) is 1.63. The van der Waals surface area contributed by atoms with Crippen LogP contribution in [0.2, 0.25) is 0 Å². The summed E-state index contributed by atoms with van der Waals surface area (Å²) >= 11 is 2.92. The summed E-state index contributed by atoms with van der Waals surface area (Å²) < 4.78 is 7.27. The van der Waals surface area contributed by atoms with Crippen molar-refractivity contribution in [2.24, 2.45) is 5.10 Å². The molecule has 1 aliphatic heterocycles. The Bertz CT molecular complexity index is 1840. The number of carbonyl (C=O) groups is 2. The average molecular weight is 637 g/mol. The molecule has 0 saturated heterocycles. The second kappa shape index (κ2) is 13.5. The summed E-state index contributed by atoms with van der Waals surface area (Å²) in [5.74, 6) is 1.09. The van der Waals surface area contributed by atoms with Crippen LogP contribution in [0.3, 0.4) is 0 Å². The largest absolute Gasteiger partial charge is 0.497 e. The van der Waals surface area contributed by atoms with Gasteiger partial charge < -0.3 is 10.1 Å². The number of ether oxygens (including phenoxy) is 1. The minimum Gasteiger partial charge on any atom is -0.497 e. The van der Waals surface area contributed by atoms with Crippen LogP contribution >= 0.6 is 23.1 Å². The number of aromatic nitrogens is 3. The van der Waals surface area contributed by atoms with Crippen LogP contribution in [0.5, 0.6) is 5.75 Å². The van der Waals surface area contributed by atoms with Crippen LogP contribution in [0.25, 0.3) is 5.69 Å². The number of rotatable bonds is 10. The van der Waals surface area contributed by atoms with E-state index in [9.17, 15) is 9.59 Å². The molecule has 6 rings (SSSR count). The molecule has 0 radical (unpaired) electrons. The van der Waals surface area contributed by atoms with Crippen molar-refractivity contribution in [3.8, 4) is 11.4 Å². The molecule has 3 heterocycles. The first-order chi connectivity index (χ1) is 21.9. The molecule has 1 N–H and O–H groups in total. The van der Waals surface area contributed by atoms with E-state index in [1.165, 1.54) is 11.8 Å². The topological polar surface area (TPSA) is 102 Å². The van der Waals surface area contributed by atoms with Crippen molar-refractivity contribution in [1.29, 1.82) is 0 Å². The van der Waals surface area contributed by atoms with Crippen molar-refractivity contribution in [3.05, 3.63) is 123 Å². The lowest BCUT2D eigenvalue weighted by molar-refractivity contribution is -0.130. The van der Waals surface area contributed by atoms with Gasteiger partial charge in [-0.05, 0) is 72.3 Å². The highest BCUT2D eigenvalue weighted by atomic mass is 32.2. The fraction of sp³-hybridized carbons (Fsp3) is 0.206. The number of nitrogens with one attached hydrogen (secondary N) is 1. The maximum atomic E-state index is 13.9. The first-order valence-corrected chi connectivity index (χ1v) is 16.3. The molecule has 2 aromatic heterocycles. The number of thioether (sulfide) groups is 1. The number of benzene rings is 3. The molecular formula is C34H32N6O3S2. The Morgan fingerprint density at radius 1 is 1.00 bits per heavy atom. The zero-order valence-electron chi connectivity index (χ0n) is 25.1. The van der Waals surface area contributed by atoms with Gasteiger partial charge in [0.1, 0.15) is 5.75 Å². The highest BCUT2D eigenvalue weighted by molar-refractivity contribution is 7.99. The third-order valence-corrected chi connectivity index (χ3v) is 9.38. The average Bonchev–Trinajstić information content (AvgIpc) is 3.84. The van der Waals surface area contributed by atoms with Gasteiger partial charge >= 0.3 is 0 Å². The van der Waals surface area contributed by atoms with Crippen LogP contribution in [-0.2, 0) is 11.3 Å². The number of hydrogen-bond acceptors (Lipinski definition) is 8. The molecule has 0 unspecified atom stereocenters. The van der Waals surface area contributed by atoms with E-state index < -0.39 is 0 Å². The normalized spacial score (nSPS) is 14.3. The van der Waals surface area contributed by atoms with Crippen LogP contribution in [0.15, 0.2) is 101 Å². The van der Waals surface area contributed by atoms with Crippen molar-refractivity contribution in [2.75, 3.05) is 12.9 Å². The molecule has 0 aliphatic carbocycles. The predicted octanol–water partition coefficient (Wildman–Crippen LogP) is 6.35. The molecule has 1 atom stereocenters. The summed E-state index contributed by atoms with van der Waals surface area (Å²) in [5.41, 5.74) is 5.43. The molecule has 0 fully saturated rings. The molecule has 45 heavy (non-hydrogen) atoms. The van der Waals surface area contributed by atoms with E-state index in [-0.39, 0.29) is 30.2 Å². The SMILES string of the molecule is COc1ccc([C@@H]2CC(c3cccs3)=NN2C(=O)CSc2nnc(CNC(=O)c3ccccc3)n2-c2cc(C)ccc2C)cc1. The van der Waals surface area contributed by atoms with Crippen molar-refractivity contribution >= 4 is 40.6 Å². The first-order valence-electron chi connectivity index (χ1n) is 14.5. The smallest absolute Gasteiger partial charge is 0.253 e. The number of methoxy groups -OCH3 is 1. The summed E-state index contributed by atoms with van der Waals surface area (Å²) in [6, 6.07) is 26.8. The molecule has 9 nitrogen and oxygen atoms in total. The zero-order chi connectivity index (χ0) is 31.3. The van der Waals surface area contributed by atoms with Gasteiger partial charge in [0.25, 0.3) is 11.8 Å². The summed E-state index contributed by atoms with van der Waals surface area (Å²) in [6.07, 6.45) is 0.618. The van der Waals surface area contributed by atoms with Crippen LogP contribution in [0.1, 0.15) is 50.2 Å². The lowest BCUT2D eigenvalue weighted by Crippen LogP contribution is -2.28. The third kappa shape index (κ3) is 6.69. The van der Waals surface area contributed by atoms with Gasteiger partial charge in [-0.3, -0.25) is 14.2 Å². The summed E-state index contributed by atoms with van der Waals surface area (Å²) in [4.78, 5) is 27.7. The van der Waals surface area contributed by atoms with Crippen LogP contribution in [0.4, 0.5) is 0 Å². The van der Waals surface area contributed by atoms with Crippen LogP contribution < -0.4 is 10.1 Å². The number of nitrogens with zero attached hydrogens (tertiary/aromatic N) is 5. The maximum absolute atomic E-state index is 13.9. The predicted molar refractivity (Wildman–Crippen MR) is 177 cm³/mol. The van der Waals surface area contributed by atoms with E-state index in [1.54, 1.807) is 35.6 Å². The fourth-order valence-corrected chi connectivity index (χ4v) is 6.71. The van der Waals surface area contributed by atoms with Gasteiger partial charge in [0, 0.05) is 12.0 Å². The van der Waals surface area contributed by atoms with Crippen LogP contribution in [0, 0.1) is 13.8 Å². The Labute approximate surface area is 270 Å². The molecular weight excluding hydrogens is 605 g/mol. The maximum Gasteiger partial charge on any atom is 0.253 e. The number of thiophene rings is 1. The monoisotopic (exact) mass is 636 g/mol. The van der Waals surface area contributed by atoms with Gasteiger partial charge in [-0.1, -0.05) is 60.3 Å². The Kier molecular flexibility index (Phi) is 9.08. The zero-order valence-corrected chi connectivity index (χ0v) is 26.8. The van der Waals surface area contributed by atoms with Gasteiger partial charge in [0.2, 0.25) is 0 Å². The molecule has 11 heteroatoms. The molecule has 2 amide bonds. The van der Waals surface area contributed by atoms with Gasteiger partial charge in [-0.2, -0.15) is 5.10 Å². The second-order valence-electron chi connectivity index (χ2n) is 10.6. The molecule has 0 saturated carbocycles. The summed E-state index contributed by atoms with van der Waals surface area (Å²) in [6.45, 7) is 4.21.